The molecule has 0 unspecified atom stereocenters. The van der Waals surface area contributed by atoms with Gasteiger partial charge in [0, 0.05) is 15.8 Å². The SMILES string of the molecule is CCOC(=O)c1sc2cc(N)ccc2c1Cl. The molecule has 0 fully saturated rings. The monoisotopic (exact) mass is 255 g/mol. The number of hydrogen-bond acceptors (Lipinski definition) is 4. The van der Waals surface area contributed by atoms with Gasteiger partial charge in [0.15, 0.2) is 0 Å². The van der Waals surface area contributed by atoms with E-state index >= 15 is 0 Å². The molecule has 0 aliphatic carbocycles. The standard InChI is InChI=1S/C11H10ClNO2S/c1-2-15-11(14)10-9(12)7-4-3-6(13)5-8(7)16-10/h3-5H,2,13H2,1H3. The highest BCUT2D eigenvalue weighted by Crippen LogP contribution is 2.36. The molecule has 0 aliphatic heterocycles. The fraction of sp³-hybridized carbons (Fsp3) is 0.182. The zero-order valence-corrected chi connectivity index (χ0v) is 10.2. The van der Waals surface area contributed by atoms with Gasteiger partial charge >= 0.3 is 5.97 Å². The van der Waals surface area contributed by atoms with E-state index in [2.05, 4.69) is 0 Å². The molecular weight excluding hydrogens is 246 g/mol. The van der Waals surface area contributed by atoms with Gasteiger partial charge in [0.2, 0.25) is 0 Å². The van der Waals surface area contributed by atoms with Crippen LogP contribution in [0.1, 0.15) is 16.6 Å². The number of thiophene rings is 1. The number of carbonyl (C=O) groups excluding carboxylic acids is 1. The fourth-order valence-electron chi connectivity index (χ4n) is 1.41. The third-order valence-corrected chi connectivity index (χ3v) is 3.75. The molecule has 0 amide bonds. The second-order valence-corrected chi connectivity index (χ2v) is 4.65. The first-order chi connectivity index (χ1) is 7.63. The predicted octanol–water partition coefficient (Wildman–Crippen LogP) is 3.31. The molecule has 0 saturated heterocycles. The molecule has 1 heterocycles. The molecule has 16 heavy (non-hydrogen) atoms. The van der Waals surface area contributed by atoms with Gasteiger partial charge in [0.1, 0.15) is 4.88 Å². The van der Waals surface area contributed by atoms with E-state index in [0.29, 0.717) is 22.2 Å². The van der Waals surface area contributed by atoms with Crippen LogP contribution in [0.25, 0.3) is 10.1 Å². The summed E-state index contributed by atoms with van der Waals surface area (Å²) in [6.45, 7) is 2.10. The van der Waals surface area contributed by atoms with Crippen molar-refractivity contribution in [2.45, 2.75) is 6.92 Å². The topological polar surface area (TPSA) is 52.3 Å². The Labute approximate surface area is 102 Å². The first-order valence-electron chi connectivity index (χ1n) is 4.78. The van der Waals surface area contributed by atoms with Crippen LogP contribution in [-0.4, -0.2) is 12.6 Å². The Morgan fingerprint density at radius 2 is 2.31 bits per heavy atom. The number of halogens is 1. The number of fused-ring (bicyclic) bond motifs is 1. The highest BCUT2D eigenvalue weighted by atomic mass is 35.5. The third kappa shape index (κ3) is 1.86. The van der Waals surface area contributed by atoms with E-state index in [1.54, 1.807) is 19.1 Å². The van der Waals surface area contributed by atoms with Crippen molar-refractivity contribution < 1.29 is 9.53 Å². The summed E-state index contributed by atoms with van der Waals surface area (Å²) in [4.78, 5) is 12.0. The normalized spacial score (nSPS) is 10.6. The Hall–Kier alpha value is -1.26. The molecule has 1 aromatic heterocycles. The molecule has 2 rings (SSSR count). The number of anilines is 1. The van der Waals surface area contributed by atoms with Crippen molar-refractivity contribution in [2.24, 2.45) is 0 Å². The van der Waals surface area contributed by atoms with Gasteiger partial charge < -0.3 is 10.5 Å². The maximum absolute atomic E-state index is 11.6. The number of hydrogen-bond donors (Lipinski definition) is 1. The molecule has 84 valence electrons. The smallest absolute Gasteiger partial charge is 0.349 e. The van der Waals surface area contributed by atoms with Crippen LogP contribution >= 0.6 is 22.9 Å². The maximum atomic E-state index is 11.6. The lowest BCUT2D eigenvalue weighted by Crippen LogP contribution is -2.02. The molecular formula is C11H10ClNO2S. The molecule has 3 nitrogen and oxygen atoms in total. The van der Waals surface area contributed by atoms with Crippen LogP contribution in [0, 0.1) is 0 Å². The summed E-state index contributed by atoms with van der Waals surface area (Å²) in [6, 6.07) is 5.37. The van der Waals surface area contributed by atoms with Gasteiger partial charge in [-0.1, -0.05) is 11.6 Å². The fourth-order valence-corrected chi connectivity index (χ4v) is 2.86. The van der Waals surface area contributed by atoms with Gasteiger partial charge in [-0.15, -0.1) is 11.3 Å². The van der Waals surface area contributed by atoms with Crippen molar-refractivity contribution in [3.8, 4) is 0 Å². The summed E-state index contributed by atoms with van der Waals surface area (Å²) in [6.07, 6.45) is 0. The van der Waals surface area contributed by atoms with E-state index in [0.717, 1.165) is 10.1 Å². The lowest BCUT2D eigenvalue weighted by molar-refractivity contribution is 0.0532. The zero-order valence-electron chi connectivity index (χ0n) is 8.62. The van der Waals surface area contributed by atoms with Crippen LogP contribution in [0.15, 0.2) is 18.2 Å². The van der Waals surface area contributed by atoms with Crippen LogP contribution in [0.3, 0.4) is 0 Å². The highest BCUT2D eigenvalue weighted by molar-refractivity contribution is 7.21. The first-order valence-corrected chi connectivity index (χ1v) is 5.97. The summed E-state index contributed by atoms with van der Waals surface area (Å²) in [5.41, 5.74) is 6.32. The summed E-state index contributed by atoms with van der Waals surface area (Å²) in [5, 5.41) is 1.28. The van der Waals surface area contributed by atoms with Gasteiger partial charge in [0.05, 0.1) is 11.6 Å². The molecule has 0 bridgehead atoms. The molecule has 0 radical (unpaired) electrons. The zero-order chi connectivity index (χ0) is 11.7. The maximum Gasteiger partial charge on any atom is 0.349 e. The average Bonchev–Trinajstić information content (AvgIpc) is 2.56. The van der Waals surface area contributed by atoms with Gasteiger partial charge in [-0.2, -0.15) is 0 Å². The van der Waals surface area contributed by atoms with E-state index < -0.39 is 0 Å². The second-order valence-electron chi connectivity index (χ2n) is 3.22. The van der Waals surface area contributed by atoms with Gasteiger partial charge in [-0.05, 0) is 25.1 Å². The van der Waals surface area contributed by atoms with Gasteiger partial charge in [0.25, 0.3) is 0 Å². The van der Waals surface area contributed by atoms with Crippen LogP contribution in [0.5, 0.6) is 0 Å². The molecule has 1 aromatic carbocycles. The first kappa shape index (κ1) is 11.2. The Balaban J connectivity index is 2.55. The summed E-state index contributed by atoms with van der Waals surface area (Å²) in [5.74, 6) is -0.382. The summed E-state index contributed by atoms with van der Waals surface area (Å²) >= 11 is 7.41. The third-order valence-electron chi connectivity index (χ3n) is 2.11. The lowest BCUT2D eigenvalue weighted by atomic mass is 10.2. The van der Waals surface area contributed by atoms with Crippen LogP contribution in [0.2, 0.25) is 5.02 Å². The average molecular weight is 256 g/mol. The van der Waals surface area contributed by atoms with Crippen molar-refractivity contribution >= 4 is 44.7 Å². The van der Waals surface area contributed by atoms with Crippen molar-refractivity contribution in [1.29, 1.82) is 0 Å². The van der Waals surface area contributed by atoms with E-state index in [1.807, 2.05) is 6.07 Å². The second kappa shape index (κ2) is 4.31. The van der Waals surface area contributed by atoms with E-state index in [-0.39, 0.29) is 5.97 Å². The number of carbonyl (C=O) groups is 1. The number of ether oxygens (including phenoxy) is 1. The van der Waals surface area contributed by atoms with Crippen LogP contribution < -0.4 is 5.73 Å². The number of benzene rings is 1. The molecule has 0 spiro atoms. The quantitative estimate of drug-likeness (QED) is 0.662. The molecule has 5 heteroatoms. The Bertz CT molecular complexity index is 550. The van der Waals surface area contributed by atoms with Gasteiger partial charge in [-0.3, -0.25) is 0 Å². The minimum Gasteiger partial charge on any atom is -0.462 e. The van der Waals surface area contributed by atoms with Crippen molar-refractivity contribution in [2.75, 3.05) is 12.3 Å². The summed E-state index contributed by atoms with van der Waals surface area (Å²) < 4.78 is 5.82. The van der Waals surface area contributed by atoms with E-state index in [4.69, 9.17) is 22.1 Å². The number of nitrogen functional groups attached to an aromatic ring is 1. The number of rotatable bonds is 2. The Morgan fingerprint density at radius 1 is 1.56 bits per heavy atom. The summed E-state index contributed by atoms with van der Waals surface area (Å²) in [7, 11) is 0. The molecule has 0 atom stereocenters. The van der Waals surface area contributed by atoms with Crippen molar-refractivity contribution in [1.82, 2.24) is 0 Å². The minimum absolute atomic E-state index is 0.339. The Kier molecular flexibility index (Phi) is 3.03. The molecule has 2 aromatic rings. The number of nitrogens with two attached hydrogens (primary N) is 1. The minimum atomic E-state index is -0.382. The van der Waals surface area contributed by atoms with Crippen LogP contribution in [-0.2, 0) is 4.74 Å². The molecule has 0 saturated carbocycles. The van der Waals surface area contributed by atoms with E-state index in [1.165, 1.54) is 11.3 Å². The van der Waals surface area contributed by atoms with Crippen molar-refractivity contribution in [3.05, 3.63) is 28.1 Å². The van der Waals surface area contributed by atoms with Gasteiger partial charge in [-0.25, -0.2) is 4.79 Å². The molecule has 2 N–H and O–H groups in total. The Morgan fingerprint density at radius 3 is 3.00 bits per heavy atom. The highest BCUT2D eigenvalue weighted by Gasteiger charge is 2.17. The predicted molar refractivity (Wildman–Crippen MR) is 67.2 cm³/mol. The number of esters is 1. The van der Waals surface area contributed by atoms with Crippen molar-refractivity contribution in [3.63, 3.8) is 0 Å². The van der Waals surface area contributed by atoms with Crippen LogP contribution in [0.4, 0.5) is 5.69 Å². The molecule has 0 aliphatic rings. The largest absolute Gasteiger partial charge is 0.462 e. The lowest BCUT2D eigenvalue weighted by Gasteiger charge is -1.97. The van der Waals surface area contributed by atoms with E-state index in [9.17, 15) is 4.79 Å².